The van der Waals surface area contributed by atoms with Gasteiger partial charge in [-0.2, -0.15) is 0 Å². The molecule has 2 N–H and O–H groups in total. The molecule has 160 valence electrons. The van der Waals surface area contributed by atoms with Crippen molar-refractivity contribution in [3.05, 3.63) is 23.3 Å². The highest BCUT2D eigenvalue weighted by Crippen LogP contribution is 2.60. The zero-order valence-corrected chi connectivity index (χ0v) is 18.4. The molecule has 1 aromatic rings. The highest BCUT2D eigenvalue weighted by Gasteiger charge is 2.65. The standard InChI is InChI=1S/C24H35NO4/c1-15-6-9-18(29-5)21(27)20(15)23-10-11-25(13-17-7-8-17)16(2)24(23,28)14-22(3,4)19(26)12-23/h6,9,16-17,27-28H,7-8,10-14H2,1-5H3. The Hall–Kier alpha value is -1.59. The molecule has 5 nitrogen and oxygen atoms in total. The van der Waals surface area contributed by atoms with E-state index in [9.17, 15) is 15.0 Å². The Kier molecular flexibility index (Phi) is 4.78. The Morgan fingerprint density at radius 2 is 1.97 bits per heavy atom. The van der Waals surface area contributed by atoms with E-state index in [1.54, 1.807) is 6.07 Å². The molecule has 1 saturated heterocycles. The lowest BCUT2D eigenvalue weighted by molar-refractivity contribution is -0.183. The number of rotatable bonds is 4. The van der Waals surface area contributed by atoms with Crippen LogP contribution in [0, 0.1) is 18.3 Å². The van der Waals surface area contributed by atoms with Gasteiger partial charge in [-0.05, 0) is 63.6 Å². The van der Waals surface area contributed by atoms with E-state index < -0.39 is 16.4 Å². The van der Waals surface area contributed by atoms with Gasteiger partial charge in [-0.3, -0.25) is 9.69 Å². The summed E-state index contributed by atoms with van der Waals surface area (Å²) in [5, 5.41) is 23.5. The van der Waals surface area contributed by atoms with Crippen molar-refractivity contribution in [2.45, 2.75) is 76.9 Å². The highest BCUT2D eigenvalue weighted by atomic mass is 16.5. The number of phenols is 1. The number of methoxy groups -OCH3 is 1. The lowest BCUT2D eigenvalue weighted by Gasteiger charge is -2.62. The Morgan fingerprint density at radius 3 is 2.59 bits per heavy atom. The number of nitrogens with zero attached hydrogens (tertiary/aromatic N) is 1. The van der Waals surface area contributed by atoms with Crippen molar-refractivity contribution in [2.75, 3.05) is 20.2 Å². The van der Waals surface area contributed by atoms with Gasteiger partial charge in [-0.1, -0.05) is 19.9 Å². The number of likely N-dealkylation sites (tertiary alicyclic amines) is 1. The van der Waals surface area contributed by atoms with Gasteiger partial charge in [-0.25, -0.2) is 0 Å². The SMILES string of the molecule is COc1ccc(C)c(C23CCN(CC4CC4)C(C)C2(O)CC(C)(C)C(=O)C3)c1O. The predicted octanol–water partition coefficient (Wildman–Crippen LogP) is 3.57. The van der Waals surface area contributed by atoms with Gasteiger partial charge in [0.2, 0.25) is 0 Å². The first-order valence-electron chi connectivity index (χ1n) is 10.9. The minimum absolute atomic E-state index is 0.0706. The molecule has 2 saturated carbocycles. The summed E-state index contributed by atoms with van der Waals surface area (Å²) in [4.78, 5) is 15.6. The van der Waals surface area contributed by atoms with E-state index in [4.69, 9.17) is 4.74 Å². The molecule has 0 bridgehead atoms. The second-order valence-electron chi connectivity index (χ2n) is 10.3. The van der Waals surface area contributed by atoms with E-state index in [0.717, 1.165) is 24.6 Å². The smallest absolute Gasteiger partial charge is 0.161 e. The zero-order valence-electron chi connectivity index (χ0n) is 18.4. The number of hydrogen-bond acceptors (Lipinski definition) is 5. The van der Waals surface area contributed by atoms with Gasteiger partial charge >= 0.3 is 0 Å². The number of carbonyl (C=O) groups is 1. The van der Waals surface area contributed by atoms with Crippen molar-refractivity contribution in [2.24, 2.45) is 11.3 Å². The van der Waals surface area contributed by atoms with Crippen molar-refractivity contribution in [1.29, 1.82) is 0 Å². The maximum Gasteiger partial charge on any atom is 0.161 e. The minimum Gasteiger partial charge on any atom is -0.504 e. The van der Waals surface area contributed by atoms with Crippen LogP contribution in [-0.4, -0.2) is 52.7 Å². The molecule has 1 heterocycles. The maximum absolute atomic E-state index is 13.2. The summed E-state index contributed by atoms with van der Waals surface area (Å²) >= 11 is 0. The molecule has 29 heavy (non-hydrogen) atoms. The molecule has 4 rings (SSSR count). The number of aliphatic hydroxyl groups is 1. The Bertz CT molecular complexity index is 830. The molecule has 1 aromatic carbocycles. The van der Waals surface area contributed by atoms with Crippen molar-refractivity contribution in [3.8, 4) is 11.5 Å². The first kappa shape index (κ1) is 20.7. The number of ketones is 1. The molecule has 0 spiro atoms. The van der Waals surface area contributed by atoms with Crippen molar-refractivity contribution < 1.29 is 19.7 Å². The van der Waals surface area contributed by atoms with Gasteiger partial charge in [0.05, 0.1) is 12.7 Å². The molecule has 2 aliphatic carbocycles. The molecular formula is C24H35NO4. The third kappa shape index (κ3) is 3.00. The first-order chi connectivity index (χ1) is 13.6. The molecule has 3 fully saturated rings. The van der Waals surface area contributed by atoms with Gasteiger partial charge in [0, 0.05) is 35.4 Å². The van der Waals surface area contributed by atoms with Gasteiger partial charge in [-0.15, -0.1) is 0 Å². The normalized spacial score (nSPS) is 34.7. The van der Waals surface area contributed by atoms with E-state index in [1.165, 1.54) is 20.0 Å². The summed E-state index contributed by atoms with van der Waals surface area (Å²) in [6.45, 7) is 9.79. The lowest BCUT2D eigenvalue weighted by Crippen LogP contribution is -2.72. The van der Waals surface area contributed by atoms with Crippen LogP contribution >= 0.6 is 0 Å². The number of hydrogen-bond donors (Lipinski definition) is 2. The van der Waals surface area contributed by atoms with E-state index >= 15 is 0 Å². The number of fused-ring (bicyclic) bond motifs is 1. The molecule has 3 aliphatic rings. The van der Waals surface area contributed by atoms with Crippen LogP contribution in [0.4, 0.5) is 0 Å². The van der Waals surface area contributed by atoms with Crippen LogP contribution in [0.2, 0.25) is 0 Å². The molecule has 0 amide bonds. The molecule has 0 radical (unpaired) electrons. The summed E-state index contributed by atoms with van der Waals surface area (Å²) in [5.74, 6) is 1.36. The van der Waals surface area contributed by atoms with Crippen LogP contribution < -0.4 is 4.74 Å². The summed E-state index contributed by atoms with van der Waals surface area (Å²) in [7, 11) is 1.54. The minimum atomic E-state index is -1.11. The zero-order chi connectivity index (χ0) is 21.2. The van der Waals surface area contributed by atoms with Crippen LogP contribution in [0.1, 0.15) is 64.0 Å². The number of aromatic hydroxyl groups is 1. The molecule has 3 atom stereocenters. The predicted molar refractivity (Wildman–Crippen MR) is 112 cm³/mol. The third-order valence-electron chi connectivity index (χ3n) is 8.06. The van der Waals surface area contributed by atoms with Crippen LogP contribution in [-0.2, 0) is 10.2 Å². The fourth-order valence-electron chi connectivity index (χ4n) is 6.04. The van der Waals surface area contributed by atoms with Crippen LogP contribution in [0.3, 0.4) is 0 Å². The van der Waals surface area contributed by atoms with Crippen molar-refractivity contribution >= 4 is 5.78 Å². The third-order valence-corrected chi connectivity index (χ3v) is 8.06. The van der Waals surface area contributed by atoms with Gasteiger partial charge in [0.25, 0.3) is 0 Å². The summed E-state index contributed by atoms with van der Waals surface area (Å²) in [6.07, 6.45) is 3.85. The number of piperidine rings is 1. The first-order valence-corrected chi connectivity index (χ1v) is 10.9. The van der Waals surface area contributed by atoms with E-state index in [0.29, 0.717) is 24.2 Å². The molecule has 5 heteroatoms. The molecule has 3 unspecified atom stereocenters. The maximum atomic E-state index is 13.2. The summed E-state index contributed by atoms with van der Waals surface area (Å²) in [5.41, 5.74) is -0.899. The van der Waals surface area contributed by atoms with Gasteiger partial charge in [0.1, 0.15) is 5.78 Å². The lowest BCUT2D eigenvalue weighted by atomic mass is 9.48. The fourth-order valence-corrected chi connectivity index (χ4v) is 6.04. The Morgan fingerprint density at radius 1 is 1.28 bits per heavy atom. The quantitative estimate of drug-likeness (QED) is 0.807. The number of phenolic OH excluding ortho intramolecular Hbond substituents is 1. The highest BCUT2D eigenvalue weighted by molar-refractivity contribution is 5.87. The Labute approximate surface area is 174 Å². The topological polar surface area (TPSA) is 70.0 Å². The summed E-state index contributed by atoms with van der Waals surface area (Å²) in [6, 6.07) is 3.59. The average molecular weight is 402 g/mol. The van der Waals surface area contributed by atoms with Crippen LogP contribution in [0.25, 0.3) is 0 Å². The van der Waals surface area contributed by atoms with Crippen molar-refractivity contribution in [1.82, 2.24) is 4.90 Å². The van der Waals surface area contributed by atoms with E-state index in [2.05, 4.69) is 11.8 Å². The monoisotopic (exact) mass is 401 g/mol. The average Bonchev–Trinajstić information content (AvgIpc) is 3.45. The number of Topliss-reactive ketones (excluding diaryl/α,β-unsaturated/α-hetero) is 1. The molecular weight excluding hydrogens is 366 g/mol. The van der Waals surface area contributed by atoms with Crippen LogP contribution in [0.15, 0.2) is 12.1 Å². The fraction of sp³-hybridized carbons (Fsp3) is 0.708. The summed E-state index contributed by atoms with van der Waals surface area (Å²) < 4.78 is 5.39. The Balaban J connectivity index is 1.88. The number of aryl methyl sites for hydroxylation is 1. The number of carbonyl (C=O) groups excluding carboxylic acids is 1. The molecule has 0 aromatic heterocycles. The van der Waals surface area contributed by atoms with Crippen molar-refractivity contribution in [3.63, 3.8) is 0 Å². The van der Waals surface area contributed by atoms with Crippen LogP contribution in [0.5, 0.6) is 11.5 Å². The van der Waals surface area contributed by atoms with E-state index in [1.807, 2.05) is 26.8 Å². The van der Waals surface area contributed by atoms with E-state index in [-0.39, 0.29) is 24.0 Å². The molecule has 1 aliphatic heterocycles. The van der Waals surface area contributed by atoms with Gasteiger partial charge in [0.15, 0.2) is 11.5 Å². The second kappa shape index (κ2) is 6.71. The van der Waals surface area contributed by atoms with Gasteiger partial charge < -0.3 is 14.9 Å². The number of ether oxygens (including phenoxy) is 1. The second-order valence-corrected chi connectivity index (χ2v) is 10.3. The number of benzene rings is 1. The largest absolute Gasteiger partial charge is 0.504 e.